The molecule has 4 rings (SSSR count). The third-order valence-corrected chi connectivity index (χ3v) is 5.18. The number of fused-ring (bicyclic) bond motifs is 1. The van der Waals surface area contributed by atoms with E-state index in [9.17, 15) is 4.79 Å². The van der Waals surface area contributed by atoms with Crippen LogP contribution in [-0.4, -0.2) is 48.5 Å². The van der Waals surface area contributed by atoms with Gasteiger partial charge in [-0.05, 0) is 37.0 Å². The summed E-state index contributed by atoms with van der Waals surface area (Å²) in [5.74, 6) is 1.97. The molecule has 1 saturated heterocycles. The molecule has 2 aromatic rings. The standard InChI is InChI=1S/C20H25N3O3/c1-25-16-8-6-15(7-9-16)13-23-20-18(12-21-23)19(24)5-2-10-22(20)14-17-4-3-11-26-17/h6-9,12,17H,2-5,10-11,13-14H2,1H3. The van der Waals surface area contributed by atoms with E-state index < -0.39 is 0 Å². The van der Waals surface area contributed by atoms with Crippen molar-refractivity contribution < 1.29 is 14.3 Å². The minimum absolute atomic E-state index is 0.191. The number of ketones is 1. The van der Waals surface area contributed by atoms with Crippen molar-refractivity contribution >= 4 is 11.6 Å². The minimum Gasteiger partial charge on any atom is -0.497 e. The van der Waals surface area contributed by atoms with Crippen molar-refractivity contribution in [2.24, 2.45) is 0 Å². The van der Waals surface area contributed by atoms with Crippen molar-refractivity contribution in [2.45, 2.75) is 38.3 Å². The smallest absolute Gasteiger partial charge is 0.168 e. The van der Waals surface area contributed by atoms with E-state index in [0.717, 1.165) is 61.7 Å². The zero-order chi connectivity index (χ0) is 17.9. The van der Waals surface area contributed by atoms with Gasteiger partial charge in [0.05, 0.1) is 31.5 Å². The van der Waals surface area contributed by atoms with Gasteiger partial charge in [-0.3, -0.25) is 4.79 Å². The average Bonchev–Trinajstić information content (AvgIpc) is 3.28. The molecule has 1 aromatic heterocycles. The minimum atomic E-state index is 0.191. The lowest BCUT2D eigenvalue weighted by atomic mass is 10.1. The largest absolute Gasteiger partial charge is 0.497 e. The van der Waals surface area contributed by atoms with Crippen LogP contribution in [-0.2, 0) is 11.3 Å². The van der Waals surface area contributed by atoms with Gasteiger partial charge in [0, 0.05) is 26.1 Å². The number of hydrogen-bond donors (Lipinski definition) is 0. The summed E-state index contributed by atoms with van der Waals surface area (Å²) in [6.07, 6.45) is 5.66. The topological polar surface area (TPSA) is 56.6 Å². The summed E-state index contributed by atoms with van der Waals surface area (Å²) in [4.78, 5) is 14.8. The van der Waals surface area contributed by atoms with Crippen LogP contribution in [0, 0.1) is 0 Å². The van der Waals surface area contributed by atoms with Gasteiger partial charge in [0.2, 0.25) is 0 Å². The van der Waals surface area contributed by atoms with Crippen molar-refractivity contribution in [1.29, 1.82) is 0 Å². The first kappa shape index (κ1) is 17.1. The number of anilines is 1. The maximum atomic E-state index is 12.5. The Kier molecular flexibility index (Phi) is 4.93. The number of aromatic nitrogens is 2. The van der Waals surface area contributed by atoms with Gasteiger partial charge in [0.1, 0.15) is 11.6 Å². The van der Waals surface area contributed by atoms with Crippen LogP contribution in [0.15, 0.2) is 30.5 Å². The number of benzene rings is 1. The molecule has 2 aliphatic rings. The van der Waals surface area contributed by atoms with Crippen LogP contribution < -0.4 is 9.64 Å². The zero-order valence-corrected chi connectivity index (χ0v) is 15.2. The van der Waals surface area contributed by atoms with Gasteiger partial charge < -0.3 is 14.4 Å². The van der Waals surface area contributed by atoms with E-state index in [1.165, 1.54) is 0 Å². The summed E-state index contributed by atoms with van der Waals surface area (Å²) >= 11 is 0. The summed E-state index contributed by atoms with van der Waals surface area (Å²) in [5, 5.41) is 4.53. The fourth-order valence-electron chi connectivity index (χ4n) is 3.81. The number of methoxy groups -OCH3 is 1. The maximum Gasteiger partial charge on any atom is 0.168 e. The Morgan fingerprint density at radius 2 is 2.12 bits per heavy atom. The monoisotopic (exact) mass is 355 g/mol. The van der Waals surface area contributed by atoms with Crippen LogP contribution >= 0.6 is 0 Å². The highest BCUT2D eigenvalue weighted by molar-refractivity contribution is 6.01. The maximum absolute atomic E-state index is 12.5. The summed E-state index contributed by atoms with van der Waals surface area (Å²) in [7, 11) is 1.66. The Morgan fingerprint density at radius 3 is 2.85 bits per heavy atom. The fourth-order valence-corrected chi connectivity index (χ4v) is 3.81. The normalized spacial score (nSPS) is 20.1. The van der Waals surface area contributed by atoms with E-state index in [4.69, 9.17) is 9.47 Å². The molecule has 6 heteroatoms. The van der Waals surface area contributed by atoms with Gasteiger partial charge in [-0.25, -0.2) is 4.68 Å². The summed E-state index contributed by atoms with van der Waals surface area (Å²) in [5.41, 5.74) is 1.87. The second kappa shape index (κ2) is 7.50. The molecule has 1 fully saturated rings. The molecular weight excluding hydrogens is 330 g/mol. The van der Waals surface area contributed by atoms with Crippen LogP contribution in [0.5, 0.6) is 5.75 Å². The molecule has 1 aromatic carbocycles. The molecule has 6 nitrogen and oxygen atoms in total. The van der Waals surface area contributed by atoms with Crippen molar-refractivity contribution in [3.8, 4) is 5.75 Å². The highest BCUT2D eigenvalue weighted by Gasteiger charge is 2.28. The summed E-state index contributed by atoms with van der Waals surface area (Å²) in [6.45, 7) is 3.17. The first-order valence-electron chi connectivity index (χ1n) is 9.33. The Hall–Kier alpha value is -2.34. The molecule has 0 spiro atoms. The Balaban J connectivity index is 1.62. The highest BCUT2D eigenvalue weighted by atomic mass is 16.5. The number of carbonyl (C=O) groups excluding carboxylic acids is 1. The number of nitrogens with zero attached hydrogens (tertiary/aromatic N) is 3. The summed E-state index contributed by atoms with van der Waals surface area (Å²) in [6, 6.07) is 7.98. The third-order valence-electron chi connectivity index (χ3n) is 5.18. The molecule has 3 heterocycles. The van der Waals surface area contributed by atoms with Crippen LogP contribution in [0.4, 0.5) is 5.82 Å². The Labute approximate surface area is 153 Å². The van der Waals surface area contributed by atoms with E-state index in [1.807, 2.05) is 28.9 Å². The molecule has 26 heavy (non-hydrogen) atoms. The Morgan fingerprint density at radius 1 is 1.27 bits per heavy atom. The molecule has 0 amide bonds. The van der Waals surface area contributed by atoms with Crippen LogP contribution in [0.25, 0.3) is 0 Å². The van der Waals surface area contributed by atoms with E-state index in [1.54, 1.807) is 13.3 Å². The van der Waals surface area contributed by atoms with Gasteiger partial charge in [0.25, 0.3) is 0 Å². The second-order valence-corrected chi connectivity index (χ2v) is 7.00. The number of ether oxygens (including phenoxy) is 2. The molecule has 2 aliphatic heterocycles. The first-order chi connectivity index (χ1) is 12.7. The fraction of sp³-hybridized carbons (Fsp3) is 0.500. The third kappa shape index (κ3) is 3.46. The number of carbonyl (C=O) groups is 1. The van der Waals surface area contributed by atoms with Gasteiger partial charge >= 0.3 is 0 Å². The van der Waals surface area contributed by atoms with Crippen molar-refractivity contribution in [1.82, 2.24) is 9.78 Å². The molecular formula is C20H25N3O3. The van der Waals surface area contributed by atoms with Gasteiger partial charge in [-0.1, -0.05) is 12.1 Å². The number of hydrogen-bond acceptors (Lipinski definition) is 5. The molecule has 0 radical (unpaired) electrons. The molecule has 138 valence electrons. The lowest BCUT2D eigenvalue weighted by molar-refractivity contribution is 0.0984. The van der Waals surface area contributed by atoms with E-state index in [0.29, 0.717) is 13.0 Å². The van der Waals surface area contributed by atoms with E-state index in [-0.39, 0.29) is 11.9 Å². The predicted octanol–water partition coefficient (Wildman–Crippen LogP) is 2.90. The lowest BCUT2D eigenvalue weighted by Crippen LogP contribution is -2.34. The molecule has 0 N–H and O–H groups in total. The molecule has 0 saturated carbocycles. The second-order valence-electron chi connectivity index (χ2n) is 7.00. The SMILES string of the molecule is COc1ccc(Cn2ncc3c2N(CC2CCCO2)CCCC3=O)cc1. The van der Waals surface area contributed by atoms with Gasteiger partial charge in [-0.2, -0.15) is 5.10 Å². The van der Waals surface area contributed by atoms with Crippen LogP contribution in [0.1, 0.15) is 41.6 Å². The van der Waals surface area contributed by atoms with Crippen molar-refractivity contribution in [3.63, 3.8) is 0 Å². The van der Waals surface area contributed by atoms with Crippen molar-refractivity contribution in [2.75, 3.05) is 31.7 Å². The van der Waals surface area contributed by atoms with Crippen LogP contribution in [0.2, 0.25) is 0 Å². The van der Waals surface area contributed by atoms with Crippen LogP contribution in [0.3, 0.4) is 0 Å². The predicted molar refractivity (Wildman–Crippen MR) is 99.1 cm³/mol. The summed E-state index contributed by atoms with van der Waals surface area (Å²) < 4.78 is 13.0. The van der Waals surface area contributed by atoms with Gasteiger partial charge in [0.15, 0.2) is 5.78 Å². The number of rotatable bonds is 5. The molecule has 1 atom stereocenters. The number of Topliss-reactive ketones (excluding diaryl/α,β-unsaturated/α-hetero) is 1. The molecule has 0 bridgehead atoms. The Bertz CT molecular complexity index is 763. The lowest BCUT2D eigenvalue weighted by Gasteiger charge is -2.27. The van der Waals surface area contributed by atoms with Crippen molar-refractivity contribution in [3.05, 3.63) is 41.6 Å². The average molecular weight is 355 g/mol. The van der Waals surface area contributed by atoms with E-state index >= 15 is 0 Å². The quantitative estimate of drug-likeness (QED) is 0.825. The van der Waals surface area contributed by atoms with E-state index in [2.05, 4.69) is 10.00 Å². The molecule has 0 aliphatic carbocycles. The highest BCUT2D eigenvalue weighted by Crippen LogP contribution is 2.29. The molecule has 1 unspecified atom stereocenters. The van der Waals surface area contributed by atoms with Gasteiger partial charge in [-0.15, -0.1) is 0 Å². The zero-order valence-electron chi connectivity index (χ0n) is 15.2. The first-order valence-corrected chi connectivity index (χ1v) is 9.33.